The molecule has 2 aromatic carbocycles. The summed E-state index contributed by atoms with van der Waals surface area (Å²) in [5.74, 6) is 6.93. The highest BCUT2D eigenvalue weighted by Gasteiger charge is 2.67. The van der Waals surface area contributed by atoms with E-state index in [1.54, 1.807) is 0 Å². The predicted molar refractivity (Wildman–Crippen MR) is 122 cm³/mol. The Kier molecular flexibility index (Phi) is 3.33. The number of aromatic nitrogens is 1. The molecule has 0 saturated carbocycles. The monoisotopic (exact) mass is 406 g/mol. The summed E-state index contributed by atoms with van der Waals surface area (Å²) in [5, 5.41) is 1.41. The van der Waals surface area contributed by atoms with E-state index in [4.69, 9.17) is 4.74 Å². The molecule has 1 aromatic heterocycles. The molecule has 1 saturated heterocycles. The van der Waals surface area contributed by atoms with Crippen molar-refractivity contribution in [1.82, 2.24) is 9.47 Å². The van der Waals surface area contributed by atoms with Crippen LogP contribution in [0.5, 0.6) is 0 Å². The summed E-state index contributed by atoms with van der Waals surface area (Å²) < 4.78 is 9.57. The van der Waals surface area contributed by atoms with Crippen molar-refractivity contribution in [3.8, 4) is 11.8 Å². The van der Waals surface area contributed by atoms with Crippen LogP contribution in [0.2, 0.25) is 0 Å². The minimum absolute atomic E-state index is 0.0459. The molecule has 0 N–H and O–H groups in total. The Morgan fingerprint density at radius 2 is 1.87 bits per heavy atom. The van der Waals surface area contributed by atoms with E-state index in [0.717, 1.165) is 36.9 Å². The predicted octanol–water partition coefficient (Wildman–Crippen LogP) is 5.36. The van der Waals surface area contributed by atoms with Crippen LogP contribution < -0.4 is 0 Å². The molecule has 0 amide bonds. The quantitative estimate of drug-likeness (QED) is 0.506. The summed E-state index contributed by atoms with van der Waals surface area (Å²) in [5.41, 5.74) is 6.31. The lowest BCUT2D eigenvalue weighted by molar-refractivity contribution is -0.0707. The molecule has 1 fully saturated rings. The maximum atomic E-state index is 7.03. The van der Waals surface area contributed by atoms with Crippen LogP contribution in [-0.2, 0) is 16.9 Å². The van der Waals surface area contributed by atoms with Gasteiger partial charge in [0.05, 0.1) is 11.6 Å². The maximum Gasteiger partial charge on any atom is 0.143 e. The zero-order valence-electron chi connectivity index (χ0n) is 18.1. The van der Waals surface area contributed by atoms with Crippen LogP contribution >= 0.6 is 0 Å². The van der Waals surface area contributed by atoms with Crippen molar-refractivity contribution in [1.29, 1.82) is 0 Å². The van der Waals surface area contributed by atoms with Crippen LogP contribution in [0.4, 0.5) is 0 Å². The third-order valence-corrected chi connectivity index (χ3v) is 8.17. The number of nitrogens with zero attached hydrogens (tertiary/aromatic N) is 2. The second-order valence-corrected chi connectivity index (χ2v) is 9.74. The summed E-state index contributed by atoms with van der Waals surface area (Å²) in [6.45, 7) is 5.70. The van der Waals surface area contributed by atoms with Crippen molar-refractivity contribution in [3.05, 3.63) is 83.2 Å². The second kappa shape index (κ2) is 5.84. The van der Waals surface area contributed by atoms with Crippen molar-refractivity contribution in [3.63, 3.8) is 0 Å². The number of ether oxygens (including phenoxy) is 1. The molecule has 5 heterocycles. The van der Waals surface area contributed by atoms with Crippen molar-refractivity contribution in [2.75, 3.05) is 6.54 Å². The van der Waals surface area contributed by atoms with Crippen LogP contribution in [0.3, 0.4) is 0 Å². The lowest BCUT2D eigenvalue weighted by Crippen LogP contribution is -2.53. The third-order valence-electron chi connectivity index (χ3n) is 8.17. The number of hydrogen-bond donors (Lipinski definition) is 0. The first-order chi connectivity index (χ1) is 15.1. The summed E-state index contributed by atoms with van der Waals surface area (Å²) >= 11 is 0. The third kappa shape index (κ3) is 2.09. The fraction of sp³-hybridized carbons (Fsp3) is 0.357. The molecule has 4 aliphatic heterocycles. The van der Waals surface area contributed by atoms with Crippen molar-refractivity contribution in [2.24, 2.45) is 5.41 Å². The van der Waals surface area contributed by atoms with Gasteiger partial charge in [0, 0.05) is 46.8 Å². The van der Waals surface area contributed by atoms with Gasteiger partial charge in [-0.2, -0.15) is 0 Å². The number of hydrogen-bond acceptors (Lipinski definition) is 2. The highest BCUT2D eigenvalue weighted by atomic mass is 16.5. The van der Waals surface area contributed by atoms with Gasteiger partial charge in [0.15, 0.2) is 0 Å². The molecule has 2 bridgehead atoms. The van der Waals surface area contributed by atoms with Crippen molar-refractivity contribution >= 4 is 10.9 Å². The van der Waals surface area contributed by atoms with Gasteiger partial charge in [0.1, 0.15) is 11.8 Å². The van der Waals surface area contributed by atoms with Crippen molar-refractivity contribution < 1.29 is 4.74 Å². The first kappa shape index (κ1) is 17.7. The maximum absolute atomic E-state index is 7.03. The van der Waals surface area contributed by atoms with Crippen LogP contribution in [0.25, 0.3) is 10.9 Å². The van der Waals surface area contributed by atoms with Gasteiger partial charge in [-0.05, 0) is 43.5 Å². The van der Waals surface area contributed by atoms with Gasteiger partial charge >= 0.3 is 0 Å². The smallest absolute Gasteiger partial charge is 0.143 e. The molecule has 0 aliphatic carbocycles. The largest absolute Gasteiger partial charge is 0.367 e. The van der Waals surface area contributed by atoms with Gasteiger partial charge in [0.2, 0.25) is 0 Å². The van der Waals surface area contributed by atoms with E-state index in [0.29, 0.717) is 6.04 Å². The van der Waals surface area contributed by atoms with Gasteiger partial charge in [0.25, 0.3) is 0 Å². The Hall–Kier alpha value is -2.96. The number of benzene rings is 2. The summed E-state index contributed by atoms with van der Waals surface area (Å²) in [7, 11) is 0. The molecule has 0 radical (unpaired) electrons. The first-order valence-corrected chi connectivity index (χ1v) is 11.5. The van der Waals surface area contributed by atoms with Crippen LogP contribution in [0.1, 0.15) is 49.6 Å². The van der Waals surface area contributed by atoms with Gasteiger partial charge < -0.3 is 14.2 Å². The van der Waals surface area contributed by atoms with E-state index in [-0.39, 0.29) is 17.2 Å². The van der Waals surface area contributed by atoms with E-state index in [1.807, 2.05) is 18.2 Å². The number of rotatable bonds is 1. The second-order valence-electron chi connectivity index (χ2n) is 9.74. The van der Waals surface area contributed by atoms with Gasteiger partial charge in [-0.15, -0.1) is 0 Å². The van der Waals surface area contributed by atoms with Gasteiger partial charge in [-0.25, -0.2) is 0 Å². The fourth-order valence-electron chi connectivity index (χ4n) is 7.03. The SMILES string of the molecule is CC[C@@]12C[C@@]3(C)O[C@@H]1C(C#Cc1ccccc1)=CN1CCc4c(n3c3ccccc43)[C@@H]12. The molecule has 0 spiro atoms. The Balaban J connectivity index is 1.47. The summed E-state index contributed by atoms with van der Waals surface area (Å²) in [6, 6.07) is 19.6. The van der Waals surface area contributed by atoms with Crippen LogP contribution in [-0.4, -0.2) is 22.1 Å². The number of para-hydroxylation sites is 1. The minimum Gasteiger partial charge on any atom is -0.367 e. The molecular weight excluding hydrogens is 380 g/mol. The molecule has 154 valence electrons. The normalized spacial score (nSPS) is 31.9. The molecule has 3 aromatic rings. The molecule has 7 rings (SSSR count). The average molecular weight is 407 g/mol. The lowest BCUT2D eigenvalue weighted by atomic mass is 9.63. The number of fused-ring (bicyclic) bond motifs is 5. The van der Waals surface area contributed by atoms with E-state index in [1.165, 1.54) is 22.2 Å². The van der Waals surface area contributed by atoms with Gasteiger partial charge in [-0.1, -0.05) is 55.2 Å². The fourth-order valence-corrected chi connectivity index (χ4v) is 7.03. The standard InChI is InChI=1S/C28H26N2O/c1-3-28-18-27(2)30-23-12-8-7-11-21(23)22-15-16-29(25(28)24(22)30)17-20(26(28)31-27)14-13-19-9-5-4-6-10-19/h4-12,17,25-26H,3,15-16,18H2,1-2H3/t25-,26-,27-,28+/m1/s1. The zero-order chi connectivity index (χ0) is 20.8. The molecule has 4 aliphatic rings. The van der Waals surface area contributed by atoms with E-state index >= 15 is 0 Å². The highest BCUT2D eigenvalue weighted by Crippen LogP contribution is 2.67. The Morgan fingerprint density at radius 3 is 2.71 bits per heavy atom. The Morgan fingerprint density at radius 1 is 1.06 bits per heavy atom. The Labute approximate surface area is 183 Å². The molecule has 3 nitrogen and oxygen atoms in total. The lowest BCUT2D eigenvalue weighted by Gasteiger charge is -2.53. The zero-order valence-corrected chi connectivity index (χ0v) is 18.1. The molecule has 31 heavy (non-hydrogen) atoms. The molecular formula is C28H26N2O. The highest BCUT2D eigenvalue weighted by molar-refractivity contribution is 5.87. The van der Waals surface area contributed by atoms with E-state index in [2.05, 4.69) is 77.8 Å². The minimum atomic E-state index is -0.328. The first-order valence-electron chi connectivity index (χ1n) is 11.5. The average Bonchev–Trinajstić information content (AvgIpc) is 3.29. The van der Waals surface area contributed by atoms with Crippen LogP contribution in [0.15, 0.2) is 66.4 Å². The van der Waals surface area contributed by atoms with Crippen molar-refractivity contribution in [2.45, 2.75) is 51.0 Å². The van der Waals surface area contributed by atoms with E-state index < -0.39 is 0 Å². The summed E-state index contributed by atoms with van der Waals surface area (Å²) in [6.07, 6.45) is 5.58. The molecule has 0 unspecified atom stereocenters. The molecule has 3 heteroatoms. The van der Waals surface area contributed by atoms with E-state index in [9.17, 15) is 0 Å². The topological polar surface area (TPSA) is 17.4 Å². The van der Waals surface area contributed by atoms with Gasteiger partial charge in [-0.3, -0.25) is 0 Å². The Bertz CT molecular complexity index is 1320. The summed E-state index contributed by atoms with van der Waals surface area (Å²) in [4.78, 5) is 2.58. The van der Waals surface area contributed by atoms with Crippen LogP contribution in [0, 0.1) is 17.3 Å². The molecule has 4 atom stereocenters.